The van der Waals surface area contributed by atoms with Gasteiger partial charge < -0.3 is 0 Å². The first-order valence-electron chi connectivity index (χ1n) is 9.96. The molecule has 27 heavy (non-hydrogen) atoms. The summed E-state index contributed by atoms with van der Waals surface area (Å²) in [6.07, 6.45) is 10.2. The van der Waals surface area contributed by atoms with Gasteiger partial charge >= 0.3 is 0 Å². The van der Waals surface area contributed by atoms with Crippen LogP contribution in [0.5, 0.6) is 0 Å². The van der Waals surface area contributed by atoms with E-state index in [1.54, 1.807) is 0 Å². The van der Waals surface area contributed by atoms with Gasteiger partial charge in [-0.25, -0.2) is 0 Å². The summed E-state index contributed by atoms with van der Waals surface area (Å²) in [7, 11) is -1.51. The monoisotopic (exact) mass is 378 g/mol. The maximum atomic E-state index is 14.0. The Hall–Kier alpha value is -1.81. The summed E-state index contributed by atoms with van der Waals surface area (Å²) in [5, 5.41) is 0. The highest BCUT2D eigenvalue weighted by atomic mass is 32.2. The van der Waals surface area contributed by atoms with E-state index in [0.29, 0.717) is 4.90 Å². The summed E-state index contributed by atoms with van der Waals surface area (Å²) < 4.78 is 12.9. The average molecular weight is 378 g/mol. The summed E-state index contributed by atoms with van der Waals surface area (Å²) in [5.74, 6) is -0.133. The molecule has 4 heteroatoms. The number of hydrogen-bond donors (Lipinski definition) is 0. The molecule has 0 saturated heterocycles. The average Bonchev–Trinajstić information content (AvgIpc) is 3.45. The van der Waals surface area contributed by atoms with Crippen LogP contribution in [0.3, 0.4) is 0 Å². The molecule has 5 aliphatic rings. The van der Waals surface area contributed by atoms with Crippen molar-refractivity contribution in [2.75, 3.05) is 0 Å². The molecule has 1 aromatic rings. The zero-order valence-corrected chi connectivity index (χ0v) is 16.0. The molecule has 3 fully saturated rings. The van der Waals surface area contributed by atoms with Crippen LogP contribution in [0.15, 0.2) is 53.5 Å². The van der Waals surface area contributed by atoms with Crippen molar-refractivity contribution in [3.8, 4) is 0 Å². The molecule has 0 spiro atoms. The van der Waals surface area contributed by atoms with E-state index in [0.717, 1.165) is 18.4 Å². The normalized spacial score (nSPS) is 46.8. The number of aryl methyl sites for hydroxylation is 1. The van der Waals surface area contributed by atoms with Crippen molar-refractivity contribution in [3.63, 3.8) is 0 Å². The number of benzene rings is 1. The van der Waals surface area contributed by atoms with E-state index in [4.69, 9.17) is 0 Å². The zero-order valence-electron chi connectivity index (χ0n) is 15.2. The second kappa shape index (κ2) is 5.16. The number of rotatable bonds is 2. The zero-order chi connectivity index (χ0) is 18.5. The minimum Gasteiger partial charge on any atom is -0.299 e. The second-order valence-electron chi connectivity index (χ2n) is 9.01. The number of Topliss-reactive ketones (excluding diaryl/α,β-unsaturated/α-hetero) is 2. The molecule has 3 saturated carbocycles. The molecule has 5 aliphatic carbocycles. The van der Waals surface area contributed by atoms with E-state index < -0.39 is 21.5 Å². The highest BCUT2D eigenvalue weighted by Crippen LogP contribution is 2.64. The van der Waals surface area contributed by atoms with Crippen LogP contribution in [0.1, 0.15) is 18.4 Å². The number of carbonyl (C=O) groups is 2. The summed E-state index contributed by atoms with van der Waals surface area (Å²) in [6.45, 7) is 2.00. The lowest BCUT2D eigenvalue weighted by Gasteiger charge is -2.48. The topological polar surface area (TPSA) is 51.2 Å². The molecule has 0 aromatic heterocycles. The Labute approximate surface area is 161 Å². The van der Waals surface area contributed by atoms with Crippen LogP contribution < -0.4 is 0 Å². The third-order valence-corrected chi connectivity index (χ3v) is 9.95. The molecule has 6 rings (SSSR count). The van der Waals surface area contributed by atoms with Gasteiger partial charge in [-0.3, -0.25) is 13.8 Å². The summed E-state index contributed by atoms with van der Waals surface area (Å²) >= 11 is 0. The van der Waals surface area contributed by atoms with Gasteiger partial charge in [0.2, 0.25) is 0 Å². The minimum atomic E-state index is -1.51. The number of hydrogen-bond acceptors (Lipinski definition) is 3. The largest absolute Gasteiger partial charge is 0.299 e. The molecular weight excluding hydrogens is 356 g/mol. The molecule has 0 heterocycles. The van der Waals surface area contributed by atoms with Crippen LogP contribution in [-0.2, 0) is 20.4 Å². The fourth-order valence-corrected chi connectivity index (χ4v) is 8.90. The van der Waals surface area contributed by atoms with Crippen molar-refractivity contribution in [1.29, 1.82) is 0 Å². The number of carbonyl (C=O) groups excluding carboxylic acids is 2. The van der Waals surface area contributed by atoms with E-state index in [1.807, 2.05) is 31.2 Å². The molecule has 3 nitrogen and oxygen atoms in total. The first-order valence-corrected chi connectivity index (χ1v) is 11.1. The van der Waals surface area contributed by atoms with Gasteiger partial charge in [-0.15, -0.1) is 0 Å². The molecule has 4 bridgehead atoms. The summed E-state index contributed by atoms with van der Waals surface area (Å²) in [6, 6.07) is 7.63. The van der Waals surface area contributed by atoms with Crippen molar-refractivity contribution < 1.29 is 13.8 Å². The van der Waals surface area contributed by atoms with Crippen molar-refractivity contribution in [3.05, 3.63) is 54.1 Å². The standard InChI is InChI=1S/C23H22O3S/c1-12-2-8-17(9-3-12)27(26)23-16-7-6-15(11-16)20(23)21(24)18-13-4-5-14(10-13)19(18)22(23)25/h2-9,13-16,18-20H,10-11H2,1H3/t13-,14+,15-,16+,18-,19+,20+,23-,27?/m1/s1. The van der Waals surface area contributed by atoms with Gasteiger partial charge in [0.15, 0.2) is 5.78 Å². The Bertz CT molecular complexity index is 958. The van der Waals surface area contributed by atoms with E-state index >= 15 is 0 Å². The SMILES string of the molecule is Cc1ccc(S(=O)[C@@]23C(=O)[C@@H]4[C@H](C(=O)[C@@H]2[C@@H]2C=C[C@H]3C2)[C@@H]2C=C[C@H]4C2)cc1. The molecule has 1 unspecified atom stereocenters. The van der Waals surface area contributed by atoms with Gasteiger partial charge in [0, 0.05) is 28.6 Å². The Balaban J connectivity index is 1.54. The smallest absolute Gasteiger partial charge is 0.157 e. The summed E-state index contributed by atoms with van der Waals surface area (Å²) in [4.78, 5) is 28.3. The predicted octanol–water partition coefficient (Wildman–Crippen LogP) is 3.25. The number of ketones is 2. The van der Waals surface area contributed by atoms with Crippen LogP contribution in [0.25, 0.3) is 0 Å². The molecule has 0 amide bonds. The molecule has 9 atom stereocenters. The predicted molar refractivity (Wildman–Crippen MR) is 102 cm³/mol. The quantitative estimate of drug-likeness (QED) is 0.743. The maximum Gasteiger partial charge on any atom is 0.157 e. The van der Waals surface area contributed by atoms with E-state index in [2.05, 4.69) is 24.3 Å². The van der Waals surface area contributed by atoms with Crippen molar-refractivity contribution in [2.45, 2.75) is 29.4 Å². The van der Waals surface area contributed by atoms with Gasteiger partial charge in [-0.1, -0.05) is 42.0 Å². The van der Waals surface area contributed by atoms with Gasteiger partial charge in [-0.2, -0.15) is 0 Å². The first-order chi connectivity index (χ1) is 13.0. The van der Waals surface area contributed by atoms with E-state index in [-0.39, 0.29) is 47.1 Å². The number of allylic oxidation sites excluding steroid dienone is 4. The lowest BCUT2D eigenvalue weighted by molar-refractivity contribution is -0.146. The van der Waals surface area contributed by atoms with Gasteiger partial charge in [0.05, 0.1) is 10.8 Å². The van der Waals surface area contributed by atoms with E-state index in [9.17, 15) is 13.8 Å². The van der Waals surface area contributed by atoms with Crippen LogP contribution >= 0.6 is 0 Å². The molecule has 138 valence electrons. The third-order valence-electron chi connectivity index (χ3n) is 7.88. The van der Waals surface area contributed by atoms with Crippen molar-refractivity contribution >= 4 is 22.4 Å². The Morgan fingerprint density at radius 3 is 2.30 bits per heavy atom. The molecular formula is C23H22O3S. The first kappa shape index (κ1) is 16.2. The van der Waals surface area contributed by atoms with Crippen molar-refractivity contribution in [2.24, 2.45) is 41.4 Å². The van der Waals surface area contributed by atoms with Gasteiger partial charge in [0.1, 0.15) is 10.5 Å². The number of fused-ring (bicyclic) bond motifs is 10. The minimum absolute atomic E-state index is 0.0739. The Morgan fingerprint density at radius 2 is 1.56 bits per heavy atom. The lowest BCUT2D eigenvalue weighted by atomic mass is 9.60. The molecule has 0 aliphatic heterocycles. The summed E-state index contributed by atoms with van der Waals surface area (Å²) in [5.41, 5.74) is 1.10. The van der Waals surface area contributed by atoms with Crippen LogP contribution in [0.4, 0.5) is 0 Å². The second-order valence-corrected chi connectivity index (χ2v) is 10.7. The maximum absolute atomic E-state index is 14.0. The van der Waals surface area contributed by atoms with Crippen LogP contribution in [0, 0.1) is 48.3 Å². The van der Waals surface area contributed by atoms with Gasteiger partial charge in [-0.05, 0) is 49.7 Å². The Kier molecular flexibility index (Phi) is 3.09. The van der Waals surface area contributed by atoms with E-state index in [1.165, 1.54) is 0 Å². The van der Waals surface area contributed by atoms with Crippen LogP contribution in [-0.4, -0.2) is 20.5 Å². The fraction of sp³-hybridized carbons (Fsp3) is 0.478. The molecule has 1 aromatic carbocycles. The van der Waals surface area contributed by atoms with Crippen LogP contribution in [0.2, 0.25) is 0 Å². The highest BCUT2D eigenvalue weighted by Gasteiger charge is 2.73. The Morgan fingerprint density at radius 1 is 0.889 bits per heavy atom. The molecule has 0 radical (unpaired) electrons. The van der Waals surface area contributed by atoms with Gasteiger partial charge in [0.25, 0.3) is 0 Å². The van der Waals surface area contributed by atoms with Crippen molar-refractivity contribution in [1.82, 2.24) is 0 Å². The fourth-order valence-electron chi connectivity index (χ4n) is 6.84. The lowest BCUT2D eigenvalue weighted by Crippen LogP contribution is -2.64. The molecule has 0 N–H and O–H groups in total. The third kappa shape index (κ3) is 1.76. The highest BCUT2D eigenvalue weighted by molar-refractivity contribution is 7.87.